The molecule has 0 radical (unpaired) electrons. The molecule has 3 rings (SSSR count). The van der Waals surface area contributed by atoms with Crippen molar-refractivity contribution in [2.45, 2.75) is 37.6 Å². The molecular weight excluding hydrogens is 220 g/mol. The van der Waals surface area contributed by atoms with Crippen LogP contribution in [0, 0.1) is 0 Å². The van der Waals surface area contributed by atoms with Gasteiger partial charge in [0.05, 0.1) is 0 Å². The van der Waals surface area contributed by atoms with Gasteiger partial charge in [0.25, 0.3) is 0 Å². The van der Waals surface area contributed by atoms with Gasteiger partial charge >= 0.3 is 5.97 Å². The Morgan fingerprint density at radius 2 is 2.35 bits per heavy atom. The van der Waals surface area contributed by atoms with Crippen LogP contribution >= 0.6 is 0 Å². The summed E-state index contributed by atoms with van der Waals surface area (Å²) in [6.45, 7) is 1.90. The number of aryl methyl sites for hydroxylation is 1. The molecule has 1 aromatic rings. The zero-order valence-corrected chi connectivity index (χ0v) is 9.59. The van der Waals surface area contributed by atoms with Crippen molar-refractivity contribution >= 4 is 5.97 Å². The molecule has 2 atom stereocenters. The highest BCUT2D eigenvalue weighted by molar-refractivity contribution is 5.71. The van der Waals surface area contributed by atoms with E-state index < -0.39 is 12.0 Å². The molecule has 0 bridgehead atoms. The molecule has 0 amide bonds. The number of carboxylic acid groups (broad SMARTS) is 1. The van der Waals surface area contributed by atoms with Crippen LogP contribution < -0.4 is 5.32 Å². The summed E-state index contributed by atoms with van der Waals surface area (Å²) in [5.74, 6) is 1.21. The van der Waals surface area contributed by atoms with Crippen molar-refractivity contribution in [1.82, 2.24) is 20.1 Å². The van der Waals surface area contributed by atoms with Gasteiger partial charge in [-0.15, -0.1) is 0 Å². The summed E-state index contributed by atoms with van der Waals surface area (Å²) in [7, 11) is 0. The number of hydrogen-bond donors (Lipinski definition) is 2. The molecule has 0 spiro atoms. The Balaban J connectivity index is 1.92. The van der Waals surface area contributed by atoms with Gasteiger partial charge in [0.1, 0.15) is 5.82 Å². The van der Waals surface area contributed by atoms with Gasteiger partial charge in [0.2, 0.25) is 0 Å². The Morgan fingerprint density at radius 3 is 3.06 bits per heavy atom. The average Bonchev–Trinajstić information content (AvgIpc) is 2.96. The van der Waals surface area contributed by atoms with E-state index in [1.807, 2.05) is 0 Å². The van der Waals surface area contributed by atoms with Gasteiger partial charge in [-0.1, -0.05) is 0 Å². The molecule has 2 unspecified atom stereocenters. The van der Waals surface area contributed by atoms with Crippen LogP contribution in [0.25, 0.3) is 0 Å². The fraction of sp³-hybridized carbons (Fsp3) is 0.727. The molecule has 0 aromatic carbocycles. The quantitative estimate of drug-likeness (QED) is 0.773. The number of aromatic nitrogens is 3. The number of rotatable bonds is 2. The fourth-order valence-corrected chi connectivity index (χ4v) is 2.65. The number of fused-ring (bicyclic) bond motifs is 1. The van der Waals surface area contributed by atoms with Crippen LogP contribution in [0.5, 0.6) is 0 Å². The number of hydrogen-bond acceptors (Lipinski definition) is 4. The molecule has 92 valence electrons. The molecule has 2 aliphatic heterocycles. The van der Waals surface area contributed by atoms with Crippen molar-refractivity contribution < 1.29 is 9.90 Å². The van der Waals surface area contributed by atoms with Gasteiger partial charge in [-0.2, -0.15) is 5.10 Å². The van der Waals surface area contributed by atoms with E-state index >= 15 is 0 Å². The lowest BCUT2D eigenvalue weighted by Gasteiger charge is -2.19. The molecule has 2 aliphatic rings. The van der Waals surface area contributed by atoms with Gasteiger partial charge in [-0.05, 0) is 25.8 Å². The lowest BCUT2D eigenvalue weighted by molar-refractivity contribution is -0.141. The van der Waals surface area contributed by atoms with E-state index in [4.69, 9.17) is 5.11 Å². The minimum Gasteiger partial charge on any atom is -0.480 e. The molecule has 3 heterocycles. The Bertz CT molecular complexity index is 437. The maximum atomic E-state index is 11.1. The van der Waals surface area contributed by atoms with E-state index in [-0.39, 0.29) is 0 Å². The van der Waals surface area contributed by atoms with Crippen LogP contribution in [0.4, 0.5) is 0 Å². The zero-order chi connectivity index (χ0) is 11.8. The molecule has 1 fully saturated rings. The summed E-state index contributed by atoms with van der Waals surface area (Å²) in [5, 5.41) is 16.9. The van der Waals surface area contributed by atoms with Gasteiger partial charge < -0.3 is 10.4 Å². The minimum absolute atomic E-state index is 0.350. The second-order valence-electron chi connectivity index (χ2n) is 4.77. The second-order valence-corrected chi connectivity index (χ2v) is 4.77. The van der Waals surface area contributed by atoms with Gasteiger partial charge in [0.15, 0.2) is 11.9 Å². The third-order valence-electron chi connectivity index (χ3n) is 3.60. The first-order valence-electron chi connectivity index (χ1n) is 6.14. The van der Waals surface area contributed by atoms with E-state index in [1.165, 1.54) is 0 Å². The first-order chi connectivity index (χ1) is 8.25. The highest BCUT2D eigenvalue weighted by Crippen LogP contribution is 2.26. The van der Waals surface area contributed by atoms with Crippen LogP contribution in [-0.2, 0) is 11.2 Å². The van der Waals surface area contributed by atoms with Crippen molar-refractivity contribution in [3.63, 3.8) is 0 Å². The predicted molar refractivity (Wildman–Crippen MR) is 59.9 cm³/mol. The Morgan fingerprint density at radius 1 is 1.47 bits per heavy atom. The molecular formula is C11H16N4O2. The Labute approximate surface area is 99.0 Å². The van der Waals surface area contributed by atoms with Crippen LogP contribution in [0.15, 0.2) is 0 Å². The van der Waals surface area contributed by atoms with E-state index in [0.29, 0.717) is 12.3 Å². The molecule has 1 aromatic heterocycles. The molecule has 0 aliphatic carbocycles. The monoisotopic (exact) mass is 236 g/mol. The first kappa shape index (κ1) is 10.7. The lowest BCUT2D eigenvalue weighted by atomic mass is 10.1. The third kappa shape index (κ3) is 1.82. The van der Waals surface area contributed by atoms with Gasteiger partial charge in [-0.25, -0.2) is 14.5 Å². The van der Waals surface area contributed by atoms with Crippen molar-refractivity contribution in [2.24, 2.45) is 0 Å². The molecule has 6 nitrogen and oxygen atoms in total. The molecule has 2 N–H and O–H groups in total. The second kappa shape index (κ2) is 4.10. The van der Waals surface area contributed by atoms with Gasteiger partial charge in [-0.3, -0.25) is 0 Å². The summed E-state index contributed by atoms with van der Waals surface area (Å²) in [6.07, 6.45) is 3.43. The standard InChI is InChI=1S/C11H16N4O2/c16-11(17)8-2-1-3-9-13-10(14-15(8)9)7-4-5-12-6-7/h7-8,12H,1-6H2,(H,16,17). The van der Waals surface area contributed by atoms with Gasteiger partial charge in [0, 0.05) is 18.9 Å². The number of aliphatic carboxylic acids is 1. The number of carbonyl (C=O) groups is 1. The van der Waals surface area contributed by atoms with E-state index in [2.05, 4.69) is 15.4 Å². The highest BCUT2D eigenvalue weighted by Gasteiger charge is 2.30. The van der Waals surface area contributed by atoms with E-state index in [0.717, 1.165) is 44.0 Å². The van der Waals surface area contributed by atoms with Crippen LogP contribution in [-0.4, -0.2) is 38.9 Å². The highest BCUT2D eigenvalue weighted by atomic mass is 16.4. The Hall–Kier alpha value is -1.43. The molecule has 17 heavy (non-hydrogen) atoms. The van der Waals surface area contributed by atoms with Crippen LogP contribution in [0.2, 0.25) is 0 Å². The van der Waals surface area contributed by atoms with E-state index in [1.54, 1.807) is 4.68 Å². The summed E-state index contributed by atoms with van der Waals surface area (Å²) >= 11 is 0. The molecule has 1 saturated heterocycles. The predicted octanol–water partition coefficient (Wildman–Crippen LogP) is 0.317. The topological polar surface area (TPSA) is 80.0 Å². The Kier molecular flexibility index (Phi) is 2.58. The summed E-state index contributed by atoms with van der Waals surface area (Å²) < 4.78 is 1.62. The van der Waals surface area contributed by atoms with Crippen LogP contribution in [0.1, 0.15) is 42.9 Å². The molecule has 0 saturated carbocycles. The summed E-state index contributed by atoms with van der Waals surface area (Å²) in [4.78, 5) is 15.7. The SMILES string of the molecule is O=C(O)C1CCCc2nc(C3CCNC3)nn21. The van der Waals surface area contributed by atoms with E-state index in [9.17, 15) is 4.79 Å². The largest absolute Gasteiger partial charge is 0.480 e. The first-order valence-corrected chi connectivity index (χ1v) is 6.14. The molecule has 6 heteroatoms. The van der Waals surface area contributed by atoms with Crippen molar-refractivity contribution in [3.8, 4) is 0 Å². The van der Waals surface area contributed by atoms with Crippen molar-refractivity contribution in [3.05, 3.63) is 11.6 Å². The normalized spacial score (nSPS) is 28.0. The maximum Gasteiger partial charge on any atom is 0.328 e. The number of nitrogens with zero attached hydrogens (tertiary/aromatic N) is 3. The zero-order valence-electron chi connectivity index (χ0n) is 9.59. The third-order valence-corrected chi connectivity index (χ3v) is 3.60. The number of nitrogens with one attached hydrogen (secondary N) is 1. The lowest BCUT2D eigenvalue weighted by Crippen LogP contribution is -2.26. The number of carboxylic acids is 1. The summed E-state index contributed by atoms with van der Waals surface area (Å²) in [5.41, 5.74) is 0. The van der Waals surface area contributed by atoms with Crippen molar-refractivity contribution in [1.29, 1.82) is 0 Å². The smallest absolute Gasteiger partial charge is 0.328 e. The van der Waals surface area contributed by atoms with Crippen molar-refractivity contribution in [2.75, 3.05) is 13.1 Å². The fourth-order valence-electron chi connectivity index (χ4n) is 2.65. The summed E-state index contributed by atoms with van der Waals surface area (Å²) in [6, 6.07) is -0.519. The average molecular weight is 236 g/mol. The minimum atomic E-state index is -0.799. The maximum absolute atomic E-state index is 11.1. The van der Waals surface area contributed by atoms with Crippen LogP contribution in [0.3, 0.4) is 0 Å².